The van der Waals surface area contributed by atoms with Crippen LogP contribution in [0.1, 0.15) is 13.3 Å². The number of halogens is 1. The molecule has 1 aromatic carbocycles. The maximum Gasteiger partial charge on any atom is 0.137 e. The molecule has 1 heterocycles. The third-order valence-corrected chi connectivity index (χ3v) is 3.54. The summed E-state index contributed by atoms with van der Waals surface area (Å²) < 4.78 is 5.17. The first-order valence-corrected chi connectivity index (χ1v) is 6.44. The summed E-state index contributed by atoms with van der Waals surface area (Å²) >= 11 is 6.15. The summed E-state index contributed by atoms with van der Waals surface area (Å²) in [6.45, 7) is 5.31. The predicted octanol–water partition coefficient (Wildman–Crippen LogP) is 2.54. The van der Waals surface area contributed by atoms with Gasteiger partial charge < -0.3 is 15.0 Å². The minimum absolute atomic E-state index is 0.574. The first kappa shape index (κ1) is 12.5. The van der Waals surface area contributed by atoms with Gasteiger partial charge in [-0.3, -0.25) is 0 Å². The van der Waals surface area contributed by atoms with Gasteiger partial charge in [0.15, 0.2) is 0 Å². The Hall–Kier alpha value is -0.930. The number of anilines is 1. The summed E-state index contributed by atoms with van der Waals surface area (Å²) in [5.74, 6) is 0.734. The zero-order valence-corrected chi connectivity index (χ0v) is 11.1. The van der Waals surface area contributed by atoms with Crippen molar-refractivity contribution in [2.75, 3.05) is 31.6 Å². The van der Waals surface area contributed by atoms with E-state index in [1.807, 2.05) is 12.1 Å². The Morgan fingerprint density at radius 2 is 2.35 bits per heavy atom. The molecule has 0 spiro atoms. The second-order valence-electron chi connectivity index (χ2n) is 4.32. The van der Waals surface area contributed by atoms with Crippen molar-refractivity contribution in [1.29, 1.82) is 0 Å². The number of nitrogens with one attached hydrogen (secondary N) is 1. The zero-order valence-electron chi connectivity index (χ0n) is 10.4. The minimum Gasteiger partial charge on any atom is -0.495 e. The van der Waals surface area contributed by atoms with Crippen molar-refractivity contribution in [2.45, 2.75) is 19.4 Å². The van der Waals surface area contributed by atoms with Crippen molar-refractivity contribution >= 4 is 17.3 Å². The molecule has 1 fully saturated rings. The lowest BCUT2D eigenvalue weighted by molar-refractivity contribution is 0.414. The van der Waals surface area contributed by atoms with Gasteiger partial charge in [-0.2, -0.15) is 0 Å². The van der Waals surface area contributed by atoms with E-state index >= 15 is 0 Å². The van der Waals surface area contributed by atoms with E-state index in [2.05, 4.69) is 23.2 Å². The molecule has 0 aliphatic carbocycles. The van der Waals surface area contributed by atoms with Crippen molar-refractivity contribution in [2.24, 2.45) is 0 Å². The van der Waals surface area contributed by atoms with Gasteiger partial charge in [-0.1, -0.05) is 18.5 Å². The number of rotatable bonds is 3. The molecular formula is C13H19ClN2O. The van der Waals surface area contributed by atoms with E-state index in [0.29, 0.717) is 11.1 Å². The number of ether oxygens (including phenoxy) is 1. The fourth-order valence-electron chi connectivity index (χ4n) is 2.19. The van der Waals surface area contributed by atoms with Crippen molar-refractivity contribution in [3.05, 3.63) is 23.2 Å². The maximum atomic E-state index is 6.15. The van der Waals surface area contributed by atoms with Crippen LogP contribution in [0.3, 0.4) is 0 Å². The van der Waals surface area contributed by atoms with E-state index in [1.54, 1.807) is 7.11 Å². The molecule has 1 aliphatic heterocycles. The van der Waals surface area contributed by atoms with Crippen LogP contribution in [0, 0.1) is 0 Å². The summed E-state index contributed by atoms with van der Waals surface area (Å²) in [5.41, 5.74) is 1.18. The van der Waals surface area contributed by atoms with Crippen LogP contribution in [0.5, 0.6) is 5.75 Å². The molecule has 1 saturated heterocycles. The molecule has 0 amide bonds. The molecule has 1 N–H and O–H groups in total. The summed E-state index contributed by atoms with van der Waals surface area (Å²) in [7, 11) is 1.64. The van der Waals surface area contributed by atoms with E-state index in [0.717, 1.165) is 31.8 Å². The van der Waals surface area contributed by atoms with Gasteiger partial charge in [-0.15, -0.1) is 0 Å². The lowest BCUT2D eigenvalue weighted by atomic mass is 10.1. The molecule has 1 aliphatic rings. The number of hydrogen-bond acceptors (Lipinski definition) is 3. The molecular weight excluding hydrogens is 236 g/mol. The quantitative estimate of drug-likeness (QED) is 0.897. The van der Waals surface area contributed by atoms with Gasteiger partial charge in [0.1, 0.15) is 5.75 Å². The average Bonchev–Trinajstić information content (AvgIpc) is 2.38. The van der Waals surface area contributed by atoms with Crippen LogP contribution in [0.25, 0.3) is 0 Å². The molecule has 0 radical (unpaired) electrons. The third kappa shape index (κ3) is 2.85. The Morgan fingerprint density at radius 1 is 1.53 bits per heavy atom. The smallest absolute Gasteiger partial charge is 0.137 e. The van der Waals surface area contributed by atoms with Gasteiger partial charge >= 0.3 is 0 Å². The van der Waals surface area contributed by atoms with E-state index < -0.39 is 0 Å². The van der Waals surface area contributed by atoms with Gasteiger partial charge in [0.25, 0.3) is 0 Å². The van der Waals surface area contributed by atoms with Gasteiger partial charge in [0.05, 0.1) is 12.1 Å². The zero-order chi connectivity index (χ0) is 12.3. The van der Waals surface area contributed by atoms with E-state index in [4.69, 9.17) is 16.3 Å². The molecule has 2 rings (SSSR count). The van der Waals surface area contributed by atoms with Gasteiger partial charge in [-0.05, 0) is 24.6 Å². The number of benzene rings is 1. The monoisotopic (exact) mass is 254 g/mol. The van der Waals surface area contributed by atoms with Gasteiger partial charge in [0, 0.05) is 31.4 Å². The van der Waals surface area contributed by atoms with Crippen LogP contribution < -0.4 is 15.0 Å². The maximum absolute atomic E-state index is 6.15. The Labute approximate surface area is 108 Å². The normalized spacial score (nSPS) is 20.4. The summed E-state index contributed by atoms with van der Waals surface area (Å²) in [4.78, 5) is 2.37. The number of piperazine rings is 1. The Balaban J connectivity index is 2.13. The highest BCUT2D eigenvalue weighted by molar-refractivity contribution is 6.32. The van der Waals surface area contributed by atoms with Crippen LogP contribution in [-0.4, -0.2) is 32.8 Å². The topological polar surface area (TPSA) is 24.5 Å². The molecule has 0 bridgehead atoms. The molecule has 1 unspecified atom stereocenters. The molecule has 1 aromatic rings. The Morgan fingerprint density at radius 3 is 3.00 bits per heavy atom. The Bertz CT molecular complexity index is 384. The standard InChI is InChI=1S/C13H19ClN2O/c1-3-10-9-16(7-6-15-10)11-4-5-13(17-2)12(14)8-11/h4-5,8,10,15H,3,6-7,9H2,1-2H3. The molecule has 0 saturated carbocycles. The van der Waals surface area contributed by atoms with Crippen LogP contribution in [0.15, 0.2) is 18.2 Å². The average molecular weight is 255 g/mol. The lowest BCUT2D eigenvalue weighted by Gasteiger charge is -2.35. The molecule has 1 atom stereocenters. The fourth-order valence-corrected chi connectivity index (χ4v) is 2.44. The summed E-state index contributed by atoms with van der Waals surface area (Å²) in [6, 6.07) is 6.56. The van der Waals surface area contributed by atoms with Crippen molar-refractivity contribution < 1.29 is 4.74 Å². The largest absolute Gasteiger partial charge is 0.495 e. The fraction of sp³-hybridized carbons (Fsp3) is 0.538. The van der Waals surface area contributed by atoms with Gasteiger partial charge in [-0.25, -0.2) is 0 Å². The Kier molecular flexibility index (Phi) is 4.13. The van der Waals surface area contributed by atoms with E-state index in [-0.39, 0.29) is 0 Å². The molecule has 17 heavy (non-hydrogen) atoms. The highest BCUT2D eigenvalue weighted by Gasteiger charge is 2.18. The number of hydrogen-bond donors (Lipinski definition) is 1. The number of nitrogens with zero attached hydrogens (tertiary/aromatic N) is 1. The SMILES string of the molecule is CCC1CN(c2ccc(OC)c(Cl)c2)CCN1. The second-order valence-corrected chi connectivity index (χ2v) is 4.73. The van der Waals surface area contributed by atoms with Crippen molar-refractivity contribution in [3.63, 3.8) is 0 Å². The lowest BCUT2D eigenvalue weighted by Crippen LogP contribution is -2.50. The molecule has 0 aromatic heterocycles. The van der Waals surface area contributed by atoms with Crippen LogP contribution >= 0.6 is 11.6 Å². The van der Waals surface area contributed by atoms with Crippen molar-refractivity contribution in [3.8, 4) is 5.75 Å². The third-order valence-electron chi connectivity index (χ3n) is 3.25. The molecule has 4 heteroatoms. The highest BCUT2D eigenvalue weighted by atomic mass is 35.5. The van der Waals surface area contributed by atoms with E-state index in [1.165, 1.54) is 5.69 Å². The first-order chi connectivity index (χ1) is 8.24. The van der Waals surface area contributed by atoms with Crippen molar-refractivity contribution in [1.82, 2.24) is 5.32 Å². The van der Waals surface area contributed by atoms with Gasteiger partial charge in [0.2, 0.25) is 0 Å². The highest BCUT2D eigenvalue weighted by Crippen LogP contribution is 2.29. The summed E-state index contributed by atoms with van der Waals surface area (Å²) in [6.07, 6.45) is 1.15. The van der Waals surface area contributed by atoms with Crippen LogP contribution in [-0.2, 0) is 0 Å². The summed E-state index contributed by atoms with van der Waals surface area (Å²) in [5, 5.41) is 4.18. The van der Waals surface area contributed by atoms with Crippen LogP contribution in [0.2, 0.25) is 5.02 Å². The minimum atomic E-state index is 0.574. The van der Waals surface area contributed by atoms with Crippen LogP contribution in [0.4, 0.5) is 5.69 Å². The predicted molar refractivity (Wildman–Crippen MR) is 72.3 cm³/mol. The molecule has 94 valence electrons. The number of methoxy groups -OCH3 is 1. The molecule has 3 nitrogen and oxygen atoms in total. The first-order valence-electron chi connectivity index (χ1n) is 6.06. The second kappa shape index (κ2) is 5.61. The van der Waals surface area contributed by atoms with E-state index in [9.17, 15) is 0 Å².